The van der Waals surface area contributed by atoms with Gasteiger partial charge in [0.15, 0.2) is 0 Å². The van der Waals surface area contributed by atoms with Crippen LogP contribution in [-0.2, 0) is 0 Å². The molecule has 0 saturated heterocycles. The zero-order valence-corrected chi connectivity index (χ0v) is 25.7. The highest BCUT2D eigenvalue weighted by atomic mass is 31.1. The van der Waals surface area contributed by atoms with Crippen LogP contribution in [0.5, 0.6) is 0 Å². The van der Waals surface area contributed by atoms with Gasteiger partial charge in [-0.3, -0.25) is 4.79 Å². The van der Waals surface area contributed by atoms with E-state index in [2.05, 4.69) is 56.3 Å². The predicted molar refractivity (Wildman–Crippen MR) is 167 cm³/mol. The molecule has 0 aliphatic heterocycles. The lowest BCUT2D eigenvalue weighted by molar-refractivity contribution is 0.0195. The maximum atomic E-state index is 13.4. The molecule has 212 valence electrons. The van der Waals surface area contributed by atoms with Gasteiger partial charge in [0.25, 0.3) is 5.91 Å². The van der Waals surface area contributed by atoms with E-state index < -0.39 is 0 Å². The van der Waals surface area contributed by atoms with E-state index in [4.69, 9.17) is 0 Å². The Morgan fingerprint density at radius 2 is 1.18 bits per heavy atom. The molecule has 2 nitrogen and oxygen atoms in total. The average molecular weight is 554 g/mol. The summed E-state index contributed by atoms with van der Waals surface area (Å²) >= 11 is 0. The van der Waals surface area contributed by atoms with Crippen molar-refractivity contribution in [1.82, 2.24) is 4.90 Å². The van der Waals surface area contributed by atoms with Crippen molar-refractivity contribution in [3.63, 3.8) is 0 Å². The largest absolute Gasteiger partial charge is 0.339 e. The molecule has 8 aliphatic rings. The van der Waals surface area contributed by atoms with E-state index in [1.165, 1.54) is 88.2 Å². The van der Waals surface area contributed by atoms with E-state index in [0.29, 0.717) is 10.3 Å². The number of benzene rings is 2. The van der Waals surface area contributed by atoms with Crippen LogP contribution in [0, 0.1) is 35.5 Å². The molecule has 8 fully saturated rings. The Hall–Kier alpha value is -1.66. The second-order valence-corrected chi connectivity index (χ2v) is 18.2. The molecule has 8 saturated carbocycles. The summed E-state index contributed by atoms with van der Waals surface area (Å²) in [6, 6.07) is 18.3. The first-order valence-corrected chi connectivity index (χ1v) is 18.1. The summed E-state index contributed by atoms with van der Waals surface area (Å²) in [5, 5.41) is 2.83. The van der Waals surface area contributed by atoms with Crippen LogP contribution in [0.3, 0.4) is 0 Å². The number of rotatable bonds is 7. The Labute approximate surface area is 243 Å². The molecular formula is C37H48NOP. The minimum absolute atomic E-state index is 0.175. The van der Waals surface area contributed by atoms with Gasteiger partial charge in [-0.2, -0.15) is 0 Å². The molecular weight excluding hydrogens is 505 g/mol. The number of carbonyl (C=O) groups is 1. The fraction of sp³-hybridized carbons (Fsp3) is 0.649. The van der Waals surface area contributed by atoms with Crippen molar-refractivity contribution in [3.8, 4) is 11.1 Å². The van der Waals surface area contributed by atoms with Crippen LogP contribution in [0.1, 0.15) is 101 Å². The molecule has 1 amide bonds. The Bertz CT molecular complexity index is 1180. The molecule has 40 heavy (non-hydrogen) atoms. The maximum Gasteiger partial charge on any atom is 0.253 e. The second kappa shape index (κ2) is 9.69. The lowest BCUT2D eigenvalue weighted by Gasteiger charge is -2.67. The first kappa shape index (κ1) is 26.0. The Balaban J connectivity index is 1.27. The fourth-order valence-corrected chi connectivity index (χ4v) is 17.5. The van der Waals surface area contributed by atoms with Gasteiger partial charge in [0.05, 0.1) is 0 Å². The summed E-state index contributed by atoms with van der Waals surface area (Å²) in [4.78, 5) is 15.4. The van der Waals surface area contributed by atoms with Gasteiger partial charge in [-0.1, -0.05) is 44.3 Å². The van der Waals surface area contributed by atoms with E-state index in [1.54, 1.807) is 5.30 Å². The van der Waals surface area contributed by atoms with Gasteiger partial charge >= 0.3 is 0 Å². The van der Waals surface area contributed by atoms with Gasteiger partial charge in [-0.05, 0) is 165 Å². The maximum absolute atomic E-state index is 13.4. The van der Waals surface area contributed by atoms with Crippen LogP contribution in [0.2, 0.25) is 0 Å². The highest BCUT2D eigenvalue weighted by Gasteiger charge is 2.63. The zero-order chi connectivity index (χ0) is 27.1. The number of nitrogens with zero attached hydrogens (tertiary/aromatic N) is 1. The summed E-state index contributed by atoms with van der Waals surface area (Å²) in [7, 11) is -0.287. The number of hydrogen-bond acceptors (Lipinski definition) is 1. The van der Waals surface area contributed by atoms with Gasteiger partial charge < -0.3 is 4.90 Å². The number of hydrogen-bond donors (Lipinski definition) is 0. The number of carbonyl (C=O) groups excluding carboxylic acids is 1. The van der Waals surface area contributed by atoms with Crippen LogP contribution in [0.4, 0.5) is 0 Å². The van der Waals surface area contributed by atoms with Gasteiger partial charge in [0.2, 0.25) is 0 Å². The van der Waals surface area contributed by atoms with Crippen LogP contribution < -0.4 is 5.30 Å². The molecule has 8 bridgehead atoms. The molecule has 10 rings (SSSR count). The fourth-order valence-electron chi connectivity index (χ4n) is 12.1. The Morgan fingerprint density at radius 3 is 1.65 bits per heavy atom. The van der Waals surface area contributed by atoms with Crippen LogP contribution in [0.25, 0.3) is 11.1 Å². The van der Waals surface area contributed by atoms with Crippen molar-refractivity contribution in [1.29, 1.82) is 0 Å². The first-order valence-electron chi connectivity index (χ1n) is 16.8. The van der Waals surface area contributed by atoms with Crippen molar-refractivity contribution in [2.24, 2.45) is 35.5 Å². The molecule has 2 aromatic rings. The van der Waals surface area contributed by atoms with Gasteiger partial charge in [0.1, 0.15) is 0 Å². The van der Waals surface area contributed by atoms with Crippen molar-refractivity contribution in [2.75, 3.05) is 13.1 Å². The molecule has 0 atom stereocenters. The quantitative estimate of drug-likeness (QED) is 0.314. The molecule has 0 aromatic heterocycles. The third-order valence-corrected chi connectivity index (χ3v) is 16.4. The molecule has 0 N–H and O–H groups in total. The lowest BCUT2D eigenvalue weighted by atomic mass is 9.55. The monoisotopic (exact) mass is 553 g/mol. The minimum atomic E-state index is -0.287. The van der Waals surface area contributed by atoms with E-state index in [9.17, 15) is 4.79 Å². The predicted octanol–water partition coefficient (Wildman–Crippen LogP) is 8.88. The van der Waals surface area contributed by atoms with E-state index in [0.717, 1.165) is 54.2 Å². The number of amides is 1. The third-order valence-electron chi connectivity index (χ3n) is 12.6. The Kier molecular flexibility index (Phi) is 6.30. The summed E-state index contributed by atoms with van der Waals surface area (Å²) in [5.41, 5.74) is 3.58. The van der Waals surface area contributed by atoms with Gasteiger partial charge in [0, 0.05) is 18.7 Å². The van der Waals surface area contributed by atoms with Crippen molar-refractivity contribution >= 4 is 19.1 Å². The molecule has 0 radical (unpaired) electrons. The topological polar surface area (TPSA) is 20.3 Å². The summed E-state index contributed by atoms with van der Waals surface area (Å²) in [5.74, 6) is 6.13. The van der Waals surface area contributed by atoms with Crippen molar-refractivity contribution < 1.29 is 4.79 Å². The third kappa shape index (κ3) is 4.09. The van der Waals surface area contributed by atoms with E-state index >= 15 is 0 Å². The molecule has 0 spiro atoms. The van der Waals surface area contributed by atoms with Gasteiger partial charge in [-0.25, -0.2) is 0 Å². The molecule has 0 heterocycles. The van der Waals surface area contributed by atoms with E-state index in [-0.39, 0.29) is 13.8 Å². The SMILES string of the molecule is CCN(CC)C(=O)c1cccc(-c2ccccc2P(C23CC4CC(CC(C4)C2)C3)C23CC4CC(CC(C4)C2)C3)c1. The minimum Gasteiger partial charge on any atom is -0.339 e. The summed E-state index contributed by atoms with van der Waals surface area (Å²) in [6.45, 7) is 5.70. The molecule has 2 aromatic carbocycles. The zero-order valence-electron chi connectivity index (χ0n) is 24.8. The van der Waals surface area contributed by atoms with Crippen molar-refractivity contribution in [2.45, 2.75) is 101 Å². The van der Waals surface area contributed by atoms with Crippen LogP contribution in [0.15, 0.2) is 48.5 Å². The Morgan fingerprint density at radius 1 is 0.700 bits per heavy atom. The molecule has 3 heteroatoms. The molecule has 8 aliphatic carbocycles. The average Bonchev–Trinajstić information content (AvgIpc) is 2.92. The van der Waals surface area contributed by atoms with Crippen molar-refractivity contribution in [3.05, 3.63) is 54.1 Å². The highest BCUT2D eigenvalue weighted by Crippen LogP contribution is 2.78. The first-order chi connectivity index (χ1) is 19.5. The van der Waals surface area contributed by atoms with E-state index in [1.807, 2.05) is 11.0 Å². The van der Waals surface area contributed by atoms with Crippen LogP contribution >= 0.6 is 7.92 Å². The summed E-state index contributed by atoms with van der Waals surface area (Å²) in [6.07, 6.45) is 18.3. The highest BCUT2D eigenvalue weighted by molar-refractivity contribution is 7.69. The normalized spacial score (nSPS) is 39.5. The van der Waals surface area contributed by atoms with Crippen LogP contribution in [-0.4, -0.2) is 34.2 Å². The van der Waals surface area contributed by atoms with Gasteiger partial charge in [-0.15, -0.1) is 0 Å². The smallest absolute Gasteiger partial charge is 0.253 e. The lowest BCUT2D eigenvalue weighted by Crippen LogP contribution is -2.58. The second-order valence-electron chi connectivity index (χ2n) is 15.2. The standard InChI is InChI=1S/C37H48NOP/c1-3-38(4-2)35(39)32-9-7-8-31(18-32)33-10-5-6-11-34(33)40(36-19-25-12-26(20-36)14-27(13-25)21-36)37-22-28-15-29(23-37)17-30(16-28)24-37/h5-11,18,25-30H,3-4,12-17,19-24H2,1-2H3. The molecule has 0 unspecified atom stereocenters. The summed E-state index contributed by atoms with van der Waals surface area (Å²) < 4.78 is 0.